The number of amides is 1. The van der Waals surface area contributed by atoms with Crippen LogP contribution in [-0.4, -0.2) is 53.9 Å². The molecule has 0 aromatic carbocycles. The van der Waals surface area contributed by atoms with Crippen LogP contribution in [0.2, 0.25) is 0 Å². The van der Waals surface area contributed by atoms with Gasteiger partial charge < -0.3 is 15.4 Å². The molecule has 1 aromatic rings. The third-order valence-electron chi connectivity index (χ3n) is 3.68. The van der Waals surface area contributed by atoms with Gasteiger partial charge in [-0.1, -0.05) is 0 Å². The standard InChI is InChI=1S/C13H22N4O2/c1-19-7-6-16-4-2-11(3-5-16)9-17-10-12(8-15-17)13(14)18/h8,10-11H,2-7,9H2,1H3,(H2,14,18). The van der Waals surface area contributed by atoms with Crippen LogP contribution < -0.4 is 5.73 Å². The maximum absolute atomic E-state index is 11.0. The lowest BCUT2D eigenvalue weighted by Gasteiger charge is -2.31. The first-order valence-corrected chi connectivity index (χ1v) is 6.72. The van der Waals surface area contributed by atoms with Gasteiger partial charge in [-0.2, -0.15) is 5.10 Å². The molecule has 1 saturated heterocycles. The van der Waals surface area contributed by atoms with Crippen LogP contribution in [0.5, 0.6) is 0 Å². The fraction of sp³-hybridized carbons (Fsp3) is 0.692. The van der Waals surface area contributed by atoms with Crippen LogP contribution in [0, 0.1) is 5.92 Å². The maximum atomic E-state index is 11.0. The summed E-state index contributed by atoms with van der Waals surface area (Å²) in [5, 5.41) is 4.18. The van der Waals surface area contributed by atoms with E-state index in [1.165, 1.54) is 6.20 Å². The molecule has 6 nitrogen and oxygen atoms in total. The van der Waals surface area contributed by atoms with Crippen LogP contribution in [0.25, 0.3) is 0 Å². The smallest absolute Gasteiger partial charge is 0.251 e. The number of piperidine rings is 1. The van der Waals surface area contributed by atoms with E-state index in [0.717, 1.165) is 45.6 Å². The number of aromatic nitrogens is 2. The number of rotatable bonds is 6. The SMILES string of the molecule is COCCN1CCC(Cn2cc(C(N)=O)cn2)CC1. The first kappa shape index (κ1) is 14.0. The third-order valence-corrected chi connectivity index (χ3v) is 3.68. The molecule has 0 saturated carbocycles. The molecule has 1 fully saturated rings. The third kappa shape index (κ3) is 4.04. The summed E-state index contributed by atoms with van der Waals surface area (Å²) in [4.78, 5) is 13.4. The molecular formula is C13H22N4O2. The summed E-state index contributed by atoms with van der Waals surface area (Å²) >= 11 is 0. The maximum Gasteiger partial charge on any atom is 0.251 e. The zero-order valence-electron chi connectivity index (χ0n) is 11.4. The monoisotopic (exact) mass is 266 g/mol. The summed E-state index contributed by atoms with van der Waals surface area (Å²) < 4.78 is 6.92. The van der Waals surface area contributed by atoms with Gasteiger partial charge in [-0.3, -0.25) is 9.48 Å². The Bertz CT molecular complexity index is 411. The Labute approximate surface area is 113 Å². The zero-order valence-corrected chi connectivity index (χ0v) is 11.4. The van der Waals surface area contributed by atoms with Crippen molar-refractivity contribution in [2.45, 2.75) is 19.4 Å². The molecular weight excluding hydrogens is 244 g/mol. The minimum atomic E-state index is -0.416. The van der Waals surface area contributed by atoms with E-state index < -0.39 is 5.91 Å². The molecule has 2 N–H and O–H groups in total. The first-order valence-electron chi connectivity index (χ1n) is 6.72. The van der Waals surface area contributed by atoms with Gasteiger partial charge in [0.25, 0.3) is 5.91 Å². The highest BCUT2D eigenvalue weighted by Gasteiger charge is 2.19. The highest BCUT2D eigenvalue weighted by atomic mass is 16.5. The average molecular weight is 266 g/mol. The van der Waals surface area contributed by atoms with Crippen molar-refractivity contribution in [2.75, 3.05) is 33.4 Å². The fourth-order valence-electron chi connectivity index (χ4n) is 2.47. The van der Waals surface area contributed by atoms with Gasteiger partial charge in [0.05, 0.1) is 18.4 Å². The Morgan fingerprint density at radius 1 is 1.53 bits per heavy atom. The number of nitrogens with zero attached hydrogens (tertiary/aromatic N) is 3. The number of carbonyl (C=O) groups excluding carboxylic acids is 1. The Hall–Kier alpha value is -1.40. The van der Waals surface area contributed by atoms with Crippen LogP contribution in [0.1, 0.15) is 23.2 Å². The van der Waals surface area contributed by atoms with Crippen LogP contribution >= 0.6 is 0 Å². The van der Waals surface area contributed by atoms with E-state index in [1.54, 1.807) is 13.3 Å². The average Bonchev–Trinajstić information content (AvgIpc) is 2.87. The lowest BCUT2D eigenvalue weighted by Crippen LogP contribution is -2.37. The van der Waals surface area contributed by atoms with Crippen molar-refractivity contribution >= 4 is 5.91 Å². The molecule has 19 heavy (non-hydrogen) atoms. The minimum Gasteiger partial charge on any atom is -0.383 e. The molecule has 0 aliphatic carbocycles. The Balaban J connectivity index is 1.77. The van der Waals surface area contributed by atoms with Gasteiger partial charge in [-0.05, 0) is 31.8 Å². The molecule has 6 heteroatoms. The van der Waals surface area contributed by atoms with Crippen molar-refractivity contribution in [1.29, 1.82) is 0 Å². The quantitative estimate of drug-likeness (QED) is 0.806. The number of methoxy groups -OCH3 is 1. The van der Waals surface area contributed by atoms with Crippen LogP contribution in [0.3, 0.4) is 0 Å². The Morgan fingerprint density at radius 3 is 2.84 bits per heavy atom. The topological polar surface area (TPSA) is 73.4 Å². The highest BCUT2D eigenvalue weighted by Crippen LogP contribution is 2.18. The van der Waals surface area contributed by atoms with Crippen LogP contribution in [0.15, 0.2) is 12.4 Å². The van der Waals surface area contributed by atoms with Crippen molar-refractivity contribution in [3.05, 3.63) is 18.0 Å². The van der Waals surface area contributed by atoms with Gasteiger partial charge in [0.2, 0.25) is 0 Å². The van der Waals surface area contributed by atoms with Gasteiger partial charge in [0.15, 0.2) is 0 Å². The predicted octanol–water partition coefficient (Wildman–Crippen LogP) is 0.340. The van der Waals surface area contributed by atoms with Gasteiger partial charge >= 0.3 is 0 Å². The summed E-state index contributed by atoms with van der Waals surface area (Å²) in [6.07, 6.45) is 5.60. The van der Waals surface area contributed by atoms with Gasteiger partial charge in [-0.15, -0.1) is 0 Å². The number of ether oxygens (including phenoxy) is 1. The van der Waals surface area contributed by atoms with Crippen LogP contribution in [-0.2, 0) is 11.3 Å². The summed E-state index contributed by atoms with van der Waals surface area (Å²) in [6.45, 7) is 4.89. The molecule has 1 amide bonds. The number of primary amides is 1. The van der Waals surface area contributed by atoms with E-state index in [9.17, 15) is 4.79 Å². The highest BCUT2D eigenvalue weighted by molar-refractivity contribution is 5.92. The summed E-state index contributed by atoms with van der Waals surface area (Å²) in [6, 6.07) is 0. The van der Waals surface area contributed by atoms with Crippen molar-refractivity contribution in [3.63, 3.8) is 0 Å². The van der Waals surface area contributed by atoms with E-state index in [0.29, 0.717) is 11.5 Å². The van der Waals surface area contributed by atoms with E-state index in [1.807, 2.05) is 4.68 Å². The molecule has 1 aliphatic heterocycles. The molecule has 0 radical (unpaired) electrons. The van der Waals surface area contributed by atoms with E-state index >= 15 is 0 Å². The molecule has 0 spiro atoms. The number of hydrogen-bond donors (Lipinski definition) is 1. The molecule has 1 aromatic heterocycles. The molecule has 0 atom stereocenters. The molecule has 0 unspecified atom stereocenters. The van der Waals surface area contributed by atoms with Crippen molar-refractivity contribution in [1.82, 2.24) is 14.7 Å². The number of likely N-dealkylation sites (tertiary alicyclic amines) is 1. The van der Waals surface area contributed by atoms with Crippen molar-refractivity contribution < 1.29 is 9.53 Å². The molecule has 2 heterocycles. The van der Waals surface area contributed by atoms with Gasteiger partial charge in [0.1, 0.15) is 0 Å². The summed E-state index contributed by atoms with van der Waals surface area (Å²) in [5.74, 6) is 0.208. The largest absolute Gasteiger partial charge is 0.383 e. The van der Waals surface area contributed by atoms with Crippen molar-refractivity contribution in [3.8, 4) is 0 Å². The first-order chi connectivity index (χ1) is 9.19. The fourth-order valence-corrected chi connectivity index (χ4v) is 2.47. The van der Waals surface area contributed by atoms with E-state index in [4.69, 9.17) is 10.5 Å². The van der Waals surface area contributed by atoms with Gasteiger partial charge in [0, 0.05) is 26.4 Å². The second-order valence-corrected chi connectivity index (χ2v) is 5.09. The predicted molar refractivity (Wildman–Crippen MR) is 71.8 cm³/mol. The minimum absolute atomic E-state index is 0.416. The second-order valence-electron chi connectivity index (χ2n) is 5.09. The lowest BCUT2D eigenvalue weighted by atomic mass is 9.97. The number of hydrogen-bond acceptors (Lipinski definition) is 4. The molecule has 0 bridgehead atoms. The number of nitrogens with two attached hydrogens (primary N) is 1. The number of carbonyl (C=O) groups is 1. The van der Waals surface area contributed by atoms with Crippen molar-refractivity contribution in [2.24, 2.45) is 11.7 Å². The Morgan fingerprint density at radius 2 is 2.26 bits per heavy atom. The van der Waals surface area contributed by atoms with E-state index in [-0.39, 0.29) is 0 Å². The van der Waals surface area contributed by atoms with Crippen LogP contribution in [0.4, 0.5) is 0 Å². The normalized spacial score (nSPS) is 17.7. The molecule has 106 valence electrons. The lowest BCUT2D eigenvalue weighted by molar-refractivity contribution is 0.1000. The molecule has 1 aliphatic rings. The zero-order chi connectivity index (χ0) is 13.7. The molecule has 2 rings (SSSR count). The summed E-state index contributed by atoms with van der Waals surface area (Å²) in [5.41, 5.74) is 5.70. The second kappa shape index (κ2) is 6.68. The summed E-state index contributed by atoms with van der Waals surface area (Å²) in [7, 11) is 1.74. The van der Waals surface area contributed by atoms with Gasteiger partial charge in [-0.25, -0.2) is 0 Å². The Kier molecular flexibility index (Phi) is 4.93. The van der Waals surface area contributed by atoms with E-state index in [2.05, 4.69) is 10.00 Å².